The van der Waals surface area contributed by atoms with Crippen molar-refractivity contribution in [2.24, 2.45) is 29.4 Å². The predicted octanol–water partition coefficient (Wildman–Crippen LogP) is 8.35. The number of nitrogens with two attached hydrogens (primary N) is 1. The van der Waals surface area contributed by atoms with E-state index < -0.39 is 69.0 Å². The first-order chi connectivity index (χ1) is 22.0. The van der Waals surface area contributed by atoms with Gasteiger partial charge in [-0.25, -0.2) is 0 Å². The van der Waals surface area contributed by atoms with Gasteiger partial charge in [-0.3, -0.25) is 19.2 Å². The highest BCUT2D eigenvalue weighted by Gasteiger charge is 2.35. The van der Waals surface area contributed by atoms with Crippen LogP contribution in [0, 0.1) is 23.7 Å². The summed E-state index contributed by atoms with van der Waals surface area (Å²) in [6, 6.07) is 1.92. The zero-order valence-electron chi connectivity index (χ0n) is 33.4. The number of aliphatic carboxylic acids is 1. The second-order valence-corrected chi connectivity index (χ2v) is 35.1. The average molecular weight is 762 g/mol. The highest BCUT2D eigenvalue weighted by molar-refractivity contribution is 6.84. The van der Waals surface area contributed by atoms with E-state index in [4.69, 9.17) is 18.7 Å². The third kappa shape index (κ3) is 26.7. The molecule has 1 aliphatic rings. The normalized spacial score (nSPS) is 15.9. The van der Waals surface area contributed by atoms with E-state index in [2.05, 4.69) is 83.4 Å². The lowest BCUT2D eigenvalue weighted by atomic mass is 9.90. The van der Waals surface area contributed by atoms with Gasteiger partial charge in [-0.1, -0.05) is 52.0 Å². The smallest absolute Gasteiger partial charge is 0.321 e. The molecule has 0 radical (unpaired) electrons. The maximum atomic E-state index is 12.0. The number of carboxylic acid groups (broad SMARTS) is 1. The highest BCUT2D eigenvalue weighted by Crippen LogP contribution is 2.27. The van der Waals surface area contributed by atoms with E-state index in [0.29, 0.717) is 29.9 Å². The molecule has 1 rings (SSSR count). The van der Waals surface area contributed by atoms with Gasteiger partial charge in [0.25, 0.3) is 0 Å². The molecule has 0 aromatic heterocycles. The molecule has 1 heterocycles. The van der Waals surface area contributed by atoms with E-state index >= 15 is 0 Å². The van der Waals surface area contributed by atoms with Crippen molar-refractivity contribution in [3.05, 3.63) is 24.3 Å². The van der Waals surface area contributed by atoms with Crippen molar-refractivity contribution < 1.29 is 42.0 Å². The van der Waals surface area contributed by atoms with Crippen LogP contribution < -0.4 is 5.73 Å². The summed E-state index contributed by atoms with van der Waals surface area (Å²) < 4.78 is 22.0. The molecule has 3 N–H and O–H groups in total. The van der Waals surface area contributed by atoms with Gasteiger partial charge in [0.2, 0.25) is 0 Å². The third-order valence-electron chi connectivity index (χ3n) is 6.98. The van der Waals surface area contributed by atoms with Crippen molar-refractivity contribution in [1.82, 2.24) is 0 Å². The van der Waals surface area contributed by atoms with Crippen molar-refractivity contribution >= 4 is 57.1 Å². The molecule has 14 heteroatoms. The summed E-state index contributed by atoms with van der Waals surface area (Å²) >= 11 is 0. The van der Waals surface area contributed by atoms with Crippen LogP contribution in [-0.2, 0) is 36.9 Å². The number of hydrogen-bond donors (Lipinski definition) is 2. The number of ether oxygens (including phenoxy) is 2. The minimum atomic E-state index is -1.86. The van der Waals surface area contributed by atoms with Crippen LogP contribution in [0.4, 0.5) is 0 Å². The summed E-state index contributed by atoms with van der Waals surface area (Å²) in [5.41, 5.74) is 6.86. The zero-order chi connectivity index (χ0) is 39.0. The number of rotatable bonds is 19. The first kappa shape index (κ1) is 49.4. The number of hydrogen-bond acceptors (Lipinski definition) is 9. The van der Waals surface area contributed by atoms with Crippen molar-refractivity contribution in [3.63, 3.8) is 0 Å². The van der Waals surface area contributed by atoms with Crippen molar-refractivity contribution in [2.45, 2.75) is 137 Å². The number of carbonyl (C=O) groups is 4. The maximum Gasteiger partial charge on any atom is 0.321 e. The van der Waals surface area contributed by atoms with Crippen LogP contribution in [0.2, 0.25) is 77.6 Å². The summed E-state index contributed by atoms with van der Waals surface area (Å²) in [5, 5.41) is 9.31. The molecule has 1 saturated heterocycles. The minimum absolute atomic E-state index is 0.155. The Kier molecular flexibility index (Phi) is 22.5. The van der Waals surface area contributed by atoms with E-state index in [-0.39, 0.29) is 19.4 Å². The summed E-state index contributed by atoms with van der Waals surface area (Å²) in [6.45, 7) is 38.8. The van der Waals surface area contributed by atoms with Gasteiger partial charge in [0.15, 0.2) is 33.3 Å². The van der Waals surface area contributed by atoms with Gasteiger partial charge in [-0.15, -0.1) is 0 Å². The van der Waals surface area contributed by atoms with Crippen LogP contribution in [0.25, 0.3) is 0 Å². The Bertz CT molecular complexity index is 1090. The van der Waals surface area contributed by atoms with Crippen molar-refractivity contribution in [2.75, 3.05) is 13.2 Å². The molecular formula is C35H71NO9Si4. The molecule has 2 unspecified atom stereocenters. The van der Waals surface area contributed by atoms with Crippen LogP contribution in [-0.4, -0.2) is 75.4 Å². The fourth-order valence-electron chi connectivity index (χ4n) is 5.45. The van der Waals surface area contributed by atoms with Gasteiger partial charge in [0.1, 0.15) is 0 Å². The molecule has 0 aliphatic carbocycles. The zero-order valence-corrected chi connectivity index (χ0v) is 37.4. The van der Waals surface area contributed by atoms with Crippen LogP contribution in [0.5, 0.6) is 0 Å². The van der Waals surface area contributed by atoms with E-state index in [1.807, 2.05) is 27.7 Å². The predicted molar refractivity (Wildman–Crippen MR) is 210 cm³/mol. The van der Waals surface area contributed by atoms with Gasteiger partial charge in [0, 0.05) is 0 Å². The molecule has 1 aliphatic heterocycles. The topological polar surface area (TPSA) is 151 Å². The van der Waals surface area contributed by atoms with Gasteiger partial charge in [0.05, 0.1) is 31.3 Å². The second-order valence-electron chi connectivity index (χ2n) is 17.0. The summed E-state index contributed by atoms with van der Waals surface area (Å²) in [4.78, 5) is 45.2. The molecule has 10 nitrogen and oxygen atoms in total. The standard InChI is InChI=1S/C17H34O5Si2.C10H14O3.C8H23NOSi2/c1-13(2)11-14(3)15(17(19)20)12-16(18)21-9-10-24(7,8)22-23(4,5)6;1-6(2)4-7(3)8-5-9(11)13-10(8)12;1-11(2,3)10-12(4,5)8-6-7-9/h13,15H,3,9-12H2,1-2,4-8H3,(H,19,20);6,8H,3-5H2,1-2H3;6-9H2,1-5H3. The molecule has 2 atom stereocenters. The molecule has 49 heavy (non-hydrogen) atoms. The van der Waals surface area contributed by atoms with Crippen molar-refractivity contribution in [3.8, 4) is 0 Å². The number of carboxylic acids is 1. The molecule has 0 saturated carbocycles. The Morgan fingerprint density at radius 2 is 1.31 bits per heavy atom. The van der Waals surface area contributed by atoms with Gasteiger partial charge < -0.3 is 28.5 Å². The Morgan fingerprint density at radius 1 is 0.837 bits per heavy atom. The Balaban J connectivity index is 0. The lowest BCUT2D eigenvalue weighted by Gasteiger charge is -2.31. The highest BCUT2D eigenvalue weighted by atomic mass is 28.4. The Hall–Kier alpha value is -1.69. The summed E-state index contributed by atoms with van der Waals surface area (Å²) in [5.74, 6) is -2.87. The largest absolute Gasteiger partial charge is 0.481 e. The molecule has 286 valence electrons. The number of cyclic esters (lactones) is 2. The summed E-state index contributed by atoms with van der Waals surface area (Å²) in [7, 11) is -6.17. The monoisotopic (exact) mass is 761 g/mol. The lowest BCUT2D eigenvalue weighted by Crippen LogP contribution is -2.43. The van der Waals surface area contributed by atoms with E-state index in [9.17, 15) is 24.3 Å². The molecule has 0 amide bonds. The molecule has 0 spiro atoms. The van der Waals surface area contributed by atoms with Gasteiger partial charge in [-0.2, -0.15) is 0 Å². The van der Waals surface area contributed by atoms with E-state index in [1.54, 1.807) is 0 Å². The van der Waals surface area contributed by atoms with Gasteiger partial charge >= 0.3 is 23.9 Å². The summed E-state index contributed by atoms with van der Waals surface area (Å²) in [6.07, 6.45) is 2.49. The third-order valence-corrected chi connectivity index (χ3v) is 19.3. The van der Waals surface area contributed by atoms with Crippen molar-refractivity contribution in [1.29, 1.82) is 0 Å². The van der Waals surface area contributed by atoms with E-state index in [0.717, 1.165) is 25.0 Å². The SMILES string of the molecule is C=C(CC(C)C)C(CC(=O)OCC[Si](C)(C)O[Si](C)(C)C)C(=O)O.C=C(CC(C)C)C1CC(=O)OC1=O.C[Si](C)(C)O[Si](C)(C)CCCN. The number of esters is 3. The maximum absolute atomic E-state index is 12.0. The fourth-order valence-corrected chi connectivity index (χ4v) is 21.2. The second kappa shape index (κ2) is 22.3. The molecule has 1 fully saturated rings. The molecule has 0 aromatic rings. The van der Waals surface area contributed by atoms with Crippen LogP contribution >= 0.6 is 0 Å². The first-order valence-corrected chi connectivity index (χ1v) is 30.6. The lowest BCUT2D eigenvalue weighted by molar-refractivity contribution is -0.153. The van der Waals surface area contributed by atoms with Crippen LogP contribution in [0.1, 0.15) is 59.8 Å². The Morgan fingerprint density at radius 3 is 1.67 bits per heavy atom. The molecular weight excluding hydrogens is 691 g/mol. The Labute approximate surface area is 302 Å². The molecule has 0 aromatic carbocycles. The minimum Gasteiger partial charge on any atom is -0.481 e. The average Bonchev–Trinajstić information content (AvgIpc) is 3.20. The fraction of sp³-hybridized carbons (Fsp3) is 0.771. The van der Waals surface area contributed by atoms with Gasteiger partial charge in [-0.05, 0) is 115 Å². The quantitative estimate of drug-likeness (QED) is 0.0569. The van der Waals surface area contributed by atoms with Crippen LogP contribution in [0.15, 0.2) is 24.3 Å². The van der Waals surface area contributed by atoms with E-state index in [1.165, 1.54) is 6.04 Å². The molecule has 0 bridgehead atoms. The van der Waals surface area contributed by atoms with Crippen LogP contribution in [0.3, 0.4) is 0 Å². The number of carbonyl (C=O) groups excluding carboxylic acids is 3. The first-order valence-electron chi connectivity index (χ1n) is 17.6.